The van der Waals surface area contributed by atoms with E-state index in [0.717, 1.165) is 21.6 Å². The van der Waals surface area contributed by atoms with Gasteiger partial charge in [0.1, 0.15) is 4.64 Å². The minimum atomic E-state index is 0.625. The Bertz CT molecular complexity index is 563. The topological polar surface area (TPSA) is 28.7 Å². The highest BCUT2D eigenvalue weighted by molar-refractivity contribution is 7.98. The van der Waals surface area contributed by atoms with Crippen molar-refractivity contribution in [3.63, 3.8) is 0 Å². The SMILES string of the molecule is Cc1cc(=S)nc(SCc2ccc(Cl)cc2)[nH]1. The predicted octanol–water partition coefficient (Wildman–Crippen LogP) is 4.39. The lowest BCUT2D eigenvalue weighted by Gasteiger charge is -2.03. The van der Waals surface area contributed by atoms with Gasteiger partial charge in [-0.2, -0.15) is 0 Å². The Balaban J connectivity index is 2.07. The summed E-state index contributed by atoms with van der Waals surface area (Å²) in [6.45, 7) is 1.98. The van der Waals surface area contributed by atoms with E-state index in [1.807, 2.05) is 37.3 Å². The van der Waals surface area contributed by atoms with Crippen LogP contribution in [0.4, 0.5) is 0 Å². The maximum Gasteiger partial charge on any atom is 0.167 e. The highest BCUT2D eigenvalue weighted by Crippen LogP contribution is 2.20. The molecule has 2 rings (SSSR count). The maximum atomic E-state index is 5.83. The standard InChI is InChI=1S/C12H11ClN2S2/c1-8-6-11(16)15-12(14-8)17-7-9-2-4-10(13)5-3-9/h2-6H,7H2,1H3,(H,14,15,16). The Morgan fingerprint density at radius 1 is 1.35 bits per heavy atom. The molecule has 0 amide bonds. The average Bonchev–Trinajstić information content (AvgIpc) is 2.27. The number of nitrogens with one attached hydrogen (secondary N) is 1. The molecule has 0 saturated carbocycles. The highest BCUT2D eigenvalue weighted by atomic mass is 35.5. The third-order valence-corrected chi connectivity index (χ3v) is 3.55. The lowest BCUT2D eigenvalue weighted by atomic mass is 10.2. The Kier molecular flexibility index (Phi) is 4.20. The number of hydrogen-bond donors (Lipinski definition) is 1. The van der Waals surface area contributed by atoms with Crippen molar-refractivity contribution in [1.82, 2.24) is 9.97 Å². The van der Waals surface area contributed by atoms with E-state index in [0.29, 0.717) is 4.64 Å². The van der Waals surface area contributed by atoms with Crippen molar-refractivity contribution in [3.8, 4) is 0 Å². The third-order valence-electron chi connectivity index (χ3n) is 2.14. The molecule has 0 aliphatic carbocycles. The van der Waals surface area contributed by atoms with Gasteiger partial charge < -0.3 is 4.98 Å². The van der Waals surface area contributed by atoms with Crippen molar-refractivity contribution >= 4 is 35.6 Å². The fourth-order valence-electron chi connectivity index (χ4n) is 1.35. The smallest absolute Gasteiger partial charge is 0.167 e. The second kappa shape index (κ2) is 5.67. The first-order valence-electron chi connectivity index (χ1n) is 5.09. The number of benzene rings is 1. The summed E-state index contributed by atoms with van der Waals surface area (Å²) >= 11 is 12.5. The van der Waals surface area contributed by atoms with Crippen LogP contribution in [0.3, 0.4) is 0 Å². The molecule has 0 spiro atoms. The molecular formula is C12H11ClN2S2. The van der Waals surface area contributed by atoms with Crippen LogP contribution in [0.15, 0.2) is 35.5 Å². The molecule has 1 N–H and O–H groups in total. The van der Waals surface area contributed by atoms with E-state index in [4.69, 9.17) is 23.8 Å². The van der Waals surface area contributed by atoms with Crippen LogP contribution in [-0.4, -0.2) is 9.97 Å². The summed E-state index contributed by atoms with van der Waals surface area (Å²) < 4.78 is 0.625. The molecule has 0 aliphatic heterocycles. The third kappa shape index (κ3) is 3.84. The van der Waals surface area contributed by atoms with Gasteiger partial charge in [0.15, 0.2) is 5.16 Å². The lowest BCUT2D eigenvalue weighted by Crippen LogP contribution is -1.90. The van der Waals surface area contributed by atoms with Gasteiger partial charge in [0.25, 0.3) is 0 Å². The molecule has 5 heteroatoms. The van der Waals surface area contributed by atoms with E-state index in [1.165, 1.54) is 5.56 Å². The Morgan fingerprint density at radius 3 is 2.71 bits per heavy atom. The number of thioether (sulfide) groups is 1. The molecular weight excluding hydrogens is 272 g/mol. The highest BCUT2D eigenvalue weighted by Gasteiger charge is 1.99. The average molecular weight is 283 g/mol. The molecule has 17 heavy (non-hydrogen) atoms. The van der Waals surface area contributed by atoms with Crippen LogP contribution in [-0.2, 0) is 5.75 Å². The molecule has 1 aromatic carbocycles. The van der Waals surface area contributed by atoms with Crippen LogP contribution in [0, 0.1) is 11.6 Å². The van der Waals surface area contributed by atoms with Crippen LogP contribution < -0.4 is 0 Å². The van der Waals surface area contributed by atoms with Crippen molar-refractivity contribution in [2.45, 2.75) is 17.8 Å². The van der Waals surface area contributed by atoms with E-state index >= 15 is 0 Å². The summed E-state index contributed by atoms with van der Waals surface area (Å²) in [5.74, 6) is 0.846. The zero-order valence-corrected chi connectivity index (χ0v) is 11.6. The number of hydrogen-bond acceptors (Lipinski definition) is 3. The zero-order valence-electron chi connectivity index (χ0n) is 9.24. The van der Waals surface area contributed by atoms with Gasteiger partial charge in [-0.15, -0.1) is 0 Å². The molecule has 88 valence electrons. The first kappa shape index (κ1) is 12.6. The largest absolute Gasteiger partial charge is 0.338 e. The van der Waals surface area contributed by atoms with Gasteiger partial charge in [0.05, 0.1) is 0 Å². The summed E-state index contributed by atoms with van der Waals surface area (Å²) in [4.78, 5) is 7.45. The lowest BCUT2D eigenvalue weighted by molar-refractivity contribution is 0.922. The maximum absolute atomic E-state index is 5.83. The number of aromatic amines is 1. The summed E-state index contributed by atoms with van der Waals surface area (Å²) in [7, 11) is 0. The van der Waals surface area contributed by atoms with Gasteiger partial charge in [-0.1, -0.05) is 47.7 Å². The molecule has 0 bridgehead atoms. The number of rotatable bonds is 3. The molecule has 1 aromatic heterocycles. The molecule has 0 radical (unpaired) electrons. The summed E-state index contributed by atoms with van der Waals surface area (Å²) in [6, 6.07) is 9.66. The quantitative estimate of drug-likeness (QED) is 0.514. The molecule has 0 atom stereocenters. The van der Waals surface area contributed by atoms with Crippen LogP contribution in [0.5, 0.6) is 0 Å². The Labute approximate surface area is 114 Å². The first-order chi connectivity index (χ1) is 8.13. The molecule has 0 aliphatic rings. The van der Waals surface area contributed by atoms with E-state index in [9.17, 15) is 0 Å². The van der Waals surface area contributed by atoms with Gasteiger partial charge >= 0.3 is 0 Å². The number of aromatic nitrogens is 2. The zero-order chi connectivity index (χ0) is 12.3. The van der Waals surface area contributed by atoms with Crippen molar-refractivity contribution in [1.29, 1.82) is 0 Å². The van der Waals surface area contributed by atoms with Crippen molar-refractivity contribution < 1.29 is 0 Å². The fraction of sp³-hybridized carbons (Fsp3) is 0.167. The second-order valence-electron chi connectivity index (χ2n) is 3.62. The van der Waals surface area contributed by atoms with E-state index in [-0.39, 0.29) is 0 Å². The minimum Gasteiger partial charge on any atom is -0.338 e. The van der Waals surface area contributed by atoms with Crippen molar-refractivity contribution in [2.75, 3.05) is 0 Å². The van der Waals surface area contributed by atoms with Gasteiger partial charge in [-0.05, 0) is 30.7 Å². The van der Waals surface area contributed by atoms with Crippen molar-refractivity contribution in [2.24, 2.45) is 0 Å². The number of nitrogens with zero attached hydrogens (tertiary/aromatic N) is 1. The minimum absolute atomic E-state index is 0.625. The molecule has 1 heterocycles. The summed E-state index contributed by atoms with van der Waals surface area (Å²) in [5.41, 5.74) is 2.24. The Hall–Kier alpha value is -0.840. The predicted molar refractivity (Wildman–Crippen MR) is 75.2 cm³/mol. The molecule has 0 unspecified atom stereocenters. The van der Waals surface area contributed by atoms with Gasteiger partial charge in [0, 0.05) is 16.5 Å². The number of aryl methyl sites for hydroxylation is 1. The van der Waals surface area contributed by atoms with Gasteiger partial charge in [-0.25, -0.2) is 4.98 Å². The normalized spacial score (nSPS) is 10.5. The monoisotopic (exact) mass is 282 g/mol. The summed E-state index contributed by atoms with van der Waals surface area (Å²) in [5, 5.41) is 1.61. The van der Waals surface area contributed by atoms with Crippen LogP contribution in [0.2, 0.25) is 5.02 Å². The number of H-pyrrole nitrogens is 1. The molecule has 2 aromatic rings. The second-order valence-corrected chi connectivity index (χ2v) is 5.44. The first-order valence-corrected chi connectivity index (χ1v) is 6.86. The molecule has 0 fully saturated rings. The summed E-state index contributed by atoms with van der Waals surface area (Å²) in [6.07, 6.45) is 0. The van der Waals surface area contributed by atoms with E-state index in [1.54, 1.807) is 11.8 Å². The number of halogens is 1. The van der Waals surface area contributed by atoms with Crippen LogP contribution >= 0.6 is 35.6 Å². The Morgan fingerprint density at radius 2 is 2.06 bits per heavy atom. The van der Waals surface area contributed by atoms with Gasteiger partial charge in [-0.3, -0.25) is 0 Å². The van der Waals surface area contributed by atoms with Crippen LogP contribution in [0.25, 0.3) is 0 Å². The van der Waals surface area contributed by atoms with Crippen LogP contribution in [0.1, 0.15) is 11.3 Å². The molecule has 0 saturated heterocycles. The van der Waals surface area contributed by atoms with E-state index in [2.05, 4.69) is 9.97 Å². The molecule has 2 nitrogen and oxygen atoms in total. The van der Waals surface area contributed by atoms with E-state index < -0.39 is 0 Å². The van der Waals surface area contributed by atoms with Crippen molar-refractivity contribution in [3.05, 3.63) is 51.3 Å². The van der Waals surface area contributed by atoms with Gasteiger partial charge in [0.2, 0.25) is 0 Å². The fourth-order valence-corrected chi connectivity index (χ4v) is 2.69.